The van der Waals surface area contributed by atoms with Crippen LogP contribution in [0.4, 0.5) is 5.69 Å². The van der Waals surface area contributed by atoms with E-state index in [-0.39, 0.29) is 37.5 Å². The molecule has 7 nitrogen and oxygen atoms in total. The molecule has 1 fully saturated rings. The third-order valence-corrected chi connectivity index (χ3v) is 4.59. The van der Waals surface area contributed by atoms with Crippen LogP contribution in [0.3, 0.4) is 0 Å². The first-order valence-electron chi connectivity index (χ1n) is 8.52. The van der Waals surface area contributed by atoms with Crippen molar-refractivity contribution >= 4 is 35.0 Å². The number of halogens is 1. The molecule has 1 aliphatic rings. The van der Waals surface area contributed by atoms with E-state index in [0.717, 1.165) is 0 Å². The van der Waals surface area contributed by atoms with Gasteiger partial charge in [-0.15, -0.1) is 0 Å². The van der Waals surface area contributed by atoms with Crippen molar-refractivity contribution in [1.82, 2.24) is 14.8 Å². The van der Waals surface area contributed by atoms with Gasteiger partial charge in [0, 0.05) is 29.6 Å². The second-order valence-electron chi connectivity index (χ2n) is 6.09. The Morgan fingerprint density at radius 3 is 2.59 bits per heavy atom. The van der Waals surface area contributed by atoms with Gasteiger partial charge in [-0.2, -0.15) is 0 Å². The van der Waals surface area contributed by atoms with Crippen molar-refractivity contribution in [2.75, 3.05) is 31.2 Å². The van der Waals surface area contributed by atoms with E-state index >= 15 is 0 Å². The molecule has 8 heteroatoms. The van der Waals surface area contributed by atoms with E-state index in [4.69, 9.17) is 11.6 Å². The van der Waals surface area contributed by atoms with E-state index < -0.39 is 0 Å². The molecule has 27 heavy (non-hydrogen) atoms. The number of rotatable bonds is 5. The highest BCUT2D eigenvalue weighted by molar-refractivity contribution is 6.30. The predicted octanol–water partition coefficient (Wildman–Crippen LogP) is 2.03. The molecule has 3 amide bonds. The third kappa shape index (κ3) is 4.25. The van der Waals surface area contributed by atoms with Crippen molar-refractivity contribution in [2.45, 2.75) is 6.92 Å². The number of hydrogen-bond donors (Lipinski definition) is 0. The summed E-state index contributed by atoms with van der Waals surface area (Å²) in [6, 6.07) is 10.2. The van der Waals surface area contributed by atoms with Gasteiger partial charge >= 0.3 is 0 Å². The standard InChI is InChI=1S/C19H19ClN4O3/c1-2-22(19(27)14-4-3-9-21-10-14)11-17(25)23-12-18(26)24(13-23)16-7-5-15(20)6-8-16/h3-10H,2,11-13H2,1H3. The van der Waals surface area contributed by atoms with Crippen molar-refractivity contribution in [3.8, 4) is 0 Å². The van der Waals surface area contributed by atoms with Gasteiger partial charge in [-0.1, -0.05) is 11.6 Å². The number of benzene rings is 1. The second kappa shape index (κ2) is 8.18. The molecule has 2 aromatic rings. The minimum absolute atomic E-state index is 0.0138. The SMILES string of the molecule is CCN(CC(=O)N1CC(=O)N(c2ccc(Cl)cc2)C1)C(=O)c1cccnc1. The number of anilines is 1. The molecule has 0 radical (unpaired) electrons. The van der Waals surface area contributed by atoms with Gasteiger partial charge in [0.1, 0.15) is 19.8 Å². The topological polar surface area (TPSA) is 73.8 Å². The minimum atomic E-state index is -0.279. The van der Waals surface area contributed by atoms with Crippen LogP contribution in [0.1, 0.15) is 17.3 Å². The number of hydrogen-bond acceptors (Lipinski definition) is 4. The lowest BCUT2D eigenvalue weighted by molar-refractivity contribution is -0.132. The zero-order valence-electron chi connectivity index (χ0n) is 14.8. The van der Waals surface area contributed by atoms with Crippen molar-refractivity contribution in [1.29, 1.82) is 0 Å². The number of carbonyl (C=O) groups excluding carboxylic acids is 3. The van der Waals surface area contributed by atoms with Crippen LogP contribution in [0.5, 0.6) is 0 Å². The maximum absolute atomic E-state index is 12.6. The monoisotopic (exact) mass is 386 g/mol. The summed E-state index contributed by atoms with van der Waals surface area (Å²) in [5, 5.41) is 0.575. The van der Waals surface area contributed by atoms with Crippen LogP contribution in [0.15, 0.2) is 48.8 Å². The Hall–Kier alpha value is -2.93. The van der Waals surface area contributed by atoms with Crippen LogP contribution in [-0.4, -0.2) is 58.8 Å². The summed E-state index contributed by atoms with van der Waals surface area (Å²) in [6.45, 7) is 2.23. The summed E-state index contributed by atoms with van der Waals surface area (Å²) in [4.78, 5) is 45.8. The molecular formula is C19H19ClN4O3. The maximum atomic E-state index is 12.6. The number of pyridine rings is 1. The molecule has 1 aliphatic heterocycles. The first-order chi connectivity index (χ1) is 13.0. The first kappa shape index (κ1) is 18.8. The first-order valence-corrected chi connectivity index (χ1v) is 8.90. The molecule has 3 rings (SSSR count). The molecule has 0 bridgehead atoms. The Kier molecular flexibility index (Phi) is 5.71. The fraction of sp³-hybridized carbons (Fsp3) is 0.263. The molecule has 0 saturated carbocycles. The van der Waals surface area contributed by atoms with Gasteiger partial charge in [-0.3, -0.25) is 24.3 Å². The Morgan fingerprint density at radius 2 is 1.96 bits per heavy atom. The summed E-state index contributed by atoms with van der Waals surface area (Å²) in [5.74, 6) is -0.717. The summed E-state index contributed by atoms with van der Waals surface area (Å²) >= 11 is 5.88. The van der Waals surface area contributed by atoms with Crippen LogP contribution < -0.4 is 4.90 Å². The normalized spacial score (nSPS) is 13.8. The predicted molar refractivity (Wildman–Crippen MR) is 101 cm³/mol. The highest BCUT2D eigenvalue weighted by Gasteiger charge is 2.32. The van der Waals surface area contributed by atoms with Gasteiger partial charge < -0.3 is 9.80 Å². The molecule has 0 spiro atoms. The summed E-state index contributed by atoms with van der Waals surface area (Å²) in [5.41, 5.74) is 1.10. The quantitative estimate of drug-likeness (QED) is 0.788. The van der Waals surface area contributed by atoms with E-state index in [2.05, 4.69) is 4.98 Å². The number of nitrogens with zero attached hydrogens (tertiary/aromatic N) is 4. The molecule has 1 aromatic carbocycles. The van der Waals surface area contributed by atoms with Gasteiger partial charge in [0.15, 0.2) is 0 Å². The van der Waals surface area contributed by atoms with E-state index in [9.17, 15) is 14.4 Å². The van der Waals surface area contributed by atoms with Gasteiger partial charge in [-0.25, -0.2) is 0 Å². The van der Waals surface area contributed by atoms with Crippen LogP contribution in [0.25, 0.3) is 0 Å². The van der Waals surface area contributed by atoms with E-state index in [1.54, 1.807) is 49.5 Å². The lowest BCUT2D eigenvalue weighted by atomic mass is 10.2. The fourth-order valence-electron chi connectivity index (χ4n) is 2.82. The summed E-state index contributed by atoms with van der Waals surface area (Å²) < 4.78 is 0. The average molecular weight is 387 g/mol. The highest BCUT2D eigenvalue weighted by Crippen LogP contribution is 2.22. The Labute approximate surface area is 162 Å². The fourth-order valence-corrected chi connectivity index (χ4v) is 2.95. The minimum Gasteiger partial charge on any atom is -0.330 e. The molecule has 0 N–H and O–H groups in total. The molecule has 2 heterocycles. The molecule has 0 atom stereocenters. The van der Waals surface area contributed by atoms with Crippen molar-refractivity contribution < 1.29 is 14.4 Å². The smallest absolute Gasteiger partial charge is 0.255 e. The molecular weight excluding hydrogens is 368 g/mol. The van der Waals surface area contributed by atoms with Crippen LogP contribution in [-0.2, 0) is 9.59 Å². The van der Waals surface area contributed by atoms with Gasteiger partial charge in [-0.05, 0) is 43.3 Å². The second-order valence-corrected chi connectivity index (χ2v) is 6.53. The molecule has 0 unspecified atom stereocenters. The maximum Gasteiger partial charge on any atom is 0.255 e. The zero-order valence-corrected chi connectivity index (χ0v) is 15.6. The van der Waals surface area contributed by atoms with Gasteiger partial charge in [0.05, 0.1) is 5.56 Å². The molecule has 0 aliphatic carbocycles. The third-order valence-electron chi connectivity index (χ3n) is 4.33. The number of amides is 3. The zero-order chi connectivity index (χ0) is 19.4. The molecule has 1 saturated heterocycles. The van der Waals surface area contributed by atoms with Crippen LogP contribution >= 0.6 is 11.6 Å². The number of aromatic nitrogens is 1. The van der Waals surface area contributed by atoms with Crippen LogP contribution in [0, 0.1) is 0 Å². The lowest BCUT2D eigenvalue weighted by Crippen LogP contribution is -2.42. The number of likely N-dealkylation sites (N-methyl/N-ethyl adjacent to an activating group) is 1. The average Bonchev–Trinajstić information content (AvgIpc) is 3.08. The molecule has 1 aromatic heterocycles. The van der Waals surface area contributed by atoms with Gasteiger partial charge in [0.25, 0.3) is 5.91 Å². The van der Waals surface area contributed by atoms with E-state index in [0.29, 0.717) is 22.8 Å². The number of carbonyl (C=O) groups is 3. The molecule has 140 valence electrons. The van der Waals surface area contributed by atoms with Gasteiger partial charge in [0.2, 0.25) is 11.8 Å². The van der Waals surface area contributed by atoms with Crippen molar-refractivity contribution in [3.63, 3.8) is 0 Å². The Balaban J connectivity index is 1.66. The van der Waals surface area contributed by atoms with E-state index in [1.165, 1.54) is 20.9 Å². The largest absolute Gasteiger partial charge is 0.330 e. The van der Waals surface area contributed by atoms with Crippen molar-refractivity contribution in [3.05, 3.63) is 59.4 Å². The lowest BCUT2D eigenvalue weighted by Gasteiger charge is -2.24. The van der Waals surface area contributed by atoms with Crippen molar-refractivity contribution in [2.24, 2.45) is 0 Å². The Bertz CT molecular complexity index is 842. The summed E-state index contributed by atoms with van der Waals surface area (Å²) in [7, 11) is 0. The highest BCUT2D eigenvalue weighted by atomic mass is 35.5. The summed E-state index contributed by atoms with van der Waals surface area (Å²) in [6.07, 6.45) is 3.05. The van der Waals surface area contributed by atoms with E-state index in [1.807, 2.05) is 0 Å². The van der Waals surface area contributed by atoms with Crippen LogP contribution in [0.2, 0.25) is 5.02 Å². The Morgan fingerprint density at radius 1 is 1.22 bits per heavy atom.